The summed E-state index contributed by atoms with van der Waals surface area (Å²) in [6.07, 6.45) is 3.24. The topological polar surface area (TPSA) is 58.2 Å². The first kappa shape index (κ1) is 10.4. The maximum atomic E-state index is 6.09. The molecule has 4 heterocycles. The minimum Gasteiger partial charge on any atom is -0.347 e. The van der Waals surface area contributed by atoms with E-state index in [1.807, 2.05) is 12.2 Å². The van der Waals surface area contributed by atoms with Gasteiger partial charge in [-0.2, -0.15) is 0 Å². The Balaban J connectivity index is 1.58. The molecule has 3 fully saturated rings. The van der Waals surface area contributed by atoms with Crippen molar-refractivity contribution in [3.63, 3.8) is 0 Å². The molecule has 17 heavy (non-hydrogen) atoms. The number of hydrogen-bond acceptors (Lipinski definition) is 6. The lowest BCUT2D eigenvalue weighted by Crippen LogP contribution is -2.50. The van der Waals surface area contributed by atoms with Gasteiger partial charge in [-0.05, 0) is 12.2 Å². The third kappa shape index (κ3) is 1.36. The summed E-state index contributed by atoms with van der Waals surface area (Å²) in [7, 11) is 0. The van der Waals surface area contributed by atoms with Crippen LogP contribution in [0.1, 0.15) is 0 Å². The van der Waals surface area contributed by atoms with Crippen molar-refractivity contribution in [1.29, 1.82) is 0 Å². The molecule has 6 heteroatoms. The monoisotopic (exact) mass is 241 g/mol. The van der Waals surface area contributed by atoms with Gasteiger partial charge in [0.05, 0.1) is 26.4 Å². The third-order valence-corrected chi connectivity index (χ3v) is 3.61. The van der Waals surface area contributed by atoms with Crippen LogP contribution in [0.25, 0.3) is 0 Å². The third-order valence-electron chi connectivity index (χ3n) is 3.61. The molecule has 0 spiro atoms. The van der Waals surface area contributed by atoms with E-state index in [4.69, 9.17) is 23.7 Å². The highest BCUT2D eigenvalue weighted by molar-refractivity contribution is 5.26. The van der Waals surface area contributed by atoms with E-state index in [0.29, 0.717) is 33.0 Å². The zero-order valence-corrected chi connectivity index (χ0v) is 9.39. The van der Waals surface area contributed by atoms with Gasteiger partial charge in [0.2, 0.25) is 6.29 Å². The molecule has 0 saturated carbocycles. The van der Waals surface area contributed by atoms with Gasteiger partial charge in [0.15, 0.2) is 17.6 Å². The number of nitrogens with one attached hydrogen (secondary N) is 1. The molecule has 6 nitrogen and oxygen atoms in total. The number of hydrogen-bond donors (Lipinski definition) is 1. The summed E-state index contributed by atoms with van der Waals surface area (Å²) < 4.78 is 28.2. The highest BCUT2D eigenvalue weighted by atomic mass is 16.8. The fourth-order valence-corrected chi connectivity index (χ4v) is 2.78. The second-order valence-electron chi connectivity index (χ2n) is 4.68. The van der Waals surface area contributed by atoms with Gasteiger partial charge >= 0.3 is 0 Å². The Bertz CT molecular complexity index is 318. The van der Waals surface area contributed by atoms with E-state index in [9.17, 15) is 0 Å². The lowest BCUT2D eigenvalue weighted by Gasteiger charge is -2.29. The molecule has 0 radical (unpaired) electrons. The van der Waals surface area contributed by atoms with E-state index in [-0.39, 0.29) is 12.6 Å². The highest BCUT2D eigenvalue weighted by Gasteiger charge is 2.61. The normalized spacial score (nSPS) is 46.4. The van der Waals surface area contributed by atoms with Crippen LogP contribution >= 0.6 is 0 Å². The Labute approximate surface area is 98.8 Å². The second kappa shape index (κ2) is 3.50. The van der Waals surface area contributed by atoms with Crippen LogP contribution in [-0.4, -0.2) is 56.9 Å². The molecular formula is C11H15NO5. The van der Waals surface area contributed by atoms with Gasteiger partial charge in [-0.1, -0.05) is 0 Å². The average Bonchev–Trinajstić information content (AvgIpc) is 3.13. The van der Waals surface area contributed by atoms with Crippen molar-refractivity contribution in [2.45, 2.75) is 23.9 Å². The summed E-state index contributed by atoms with van der Waals surface area (Å²) in [5, 5.41) is 3.31. The quantitative estimate of drug-likeness (QED) is 0.649. The molecule has 2 atom stereocenters. The van der Waals surface area contributed by atoms with Gasteiger partial charge < -0.3 is 23.7 Å². The molecule has 4 rings (SSSR count). The number of ether oxygens (including phenoxy) is 5. The van der Waals surface area contributed by atoms with E-state index >= 15 is 0 Å². The van der Waals surface area contributed by atoms with Crippen LogP contribution in [0.4, 0.5) is 0 Å². The Morgan fingerprint density at radius 3 is 2.12 bits per heavy atom. The summed E-state index contributed by atoms with van der Waals surface area (Å²) >= 11 is 0. The number of fused-ring (bicyclic) bond motifs is 2. The van der Waals surface area contributed by atoms with Crippen LogP contribution in [0, 0.1) is 0 Å². The zero-order chi connectivity index (χ0) is 11.3. The number of rotatable bonds is 2. The first-order chi connectivity index (χ1) is 8.33. The van der Waals surface area contributed by atoms with Crippen molar-refractivity contribution in [2.24, 2.45) is 0 Å². The molecule has 0 aromatic rings. The molecule has 0 aromatic carbocycles. The molecular weight excluding hydrogens is 226 g/mol. The summed E-state index contributed by atoms with van der Waals surface area (Å²) in [5.41, 5.74) is -1.21. The molecule has 0 amide bonds. The van der Waals surface area contributed by atoms with Crippen LogP contribution < -0.4 is 5.32 Å². The predicted octanol–water partition coefficient (Wildman–Crippen LogP) is -0.643. The minimum atomic E-state index is -0.675. The standard InChI is InChI=1S/C11H15NO5/c1-2-11(9-15-5-6-16-9)12-7-10(1,17-11)8-13-3-4-14-8/h1-2,8-9,12H,3-7H2. The molecule has 1 N–H and O–H groups in total. The first-order valence-electron chi connectivity index (χ1n) is 5.95. The Kier molecular flexibility index (Phi) is 2.15. The molecule has 2 unspecified atom stereocenters. The summed E-state index contributed by atoms with van der Waals surface area (Å²) in [5.74, 6) is 0. The van der Waals surface area contributed by atoms with Crippen molar-refractivity contribution in [2.75, 3.05) is 33.0 Å². The van der Waals surface area contributed by atoms with Crippen LogP contribution in [0.15, 0.2) is 12.2 Å². The highest BCUT2D eigenvalue weighted by Crippen LogP contribution is 2.43. The molecule has 0 aliphatic carbocycles. The van der Waals surface area contributed by atoms with Crippen molar-refractivity contribution in [3.05, 3.63) is 12.2 Å². The Morgan fingerprint density at radius 2 is 1.53 bits per heavy atom. The van der Waals surface area contributed by atoms with Gasteiger partial charge in [-0.3, -0.25) is 5.32 Å². The lowest BCUT2D eigenvalue weighted by molar-refractivity contribution is -0.226. The maximum absolute atomic E-state index is 6.09. The largest absolute Gasteiger partial charge is 0.347 e. The van der Waals surface area contributed by atoms with Crippen LogP contribution in [-0.2, 0) is 23.7 Å². The van der Waals surface area contributed by atoms with E-state index in [1.165, 1.54) is 0 Å². The summed E-state index contributed by atoms with van der Waals surface area (Å²) in [4.78, 5) is 0. The first-order valence-corrected chi connectivity index (χ1v) is 5.95. The van der Waals surface area contributed by atoms with Crippen molar-refractivity contribution in [3.8, 4) is 0 Å². The maximum Gasteiger partial charge on any atom is 0.204 e. The second-order valence-corrected chi connectivity index (χ2v) is 4.68. The van der Waals surface area contributed by atoms with Crippen molar-refractivity contribution < 1.29 is 23.7 Å². The van der Waals surface area contributed by atoms with Gasteiger partial charge in [0, 0.05) is 6.54 Å². The van der Waals surface area contributed by atoms with Crippen molar-refractivity contribution in [1.82, 2.24) is 5.32 Å². The van der Waals surface area contributed by atoms with E-state index in [1.54, 1.807) is 0 Å². The minimum absolute atomic E-state index is 0.336. The van der Waals surface area contributed by atoms with Gasteiger partial charge in [-0.15, -0.1) is 0 Å². The smallest absolute Gasteiger partial charge is 0.204 e. The molecule has 4 aliphatic heterocycles. The SMILES string of the molecule is C1=CC2(C3OCCO3)NCC1(C1OCCO1)O2. The van der Waals surface area contributed by atoms with E-state index in [0.717, 1.165) is 0 Å². The fourth-order valence-electron chi connectivity index (χ4n) is 2.78. The van der Waals surface area contributed by atoms with E-state index in [2.05, 4.69) is 5.32 Å². The van der Waals surface area contributed by atoms with Crippen LogP contribution in [0.3, 0.4) is 0 Å². The lowest BCUT2D eigenvalue weighted by atomic mass is 10.0. The molecule has 3 saturated heterocycles. The van der Waals surface area contributed by atoms with E-state index < -0.39 is 11.3 Å². The Hall–Kier alpha value is -0.500. The fraction of sp³-hybridized carbons (Fsp3) is 0.818. The molecule has 0 aromatic heterocycles. The summed E-state index contributed by atoms with van der Waals surface area (Å²) in [6, 6.07) is 0. The van der Waals surface area contributed by atoms with Crippen LogP contribution in [0.2, 0.25) is 0 Å². The predicted molar refractivity (Wildman–Crippen MR) is 55.1 cm³/mol. The molecule has 94 valence electrons. The zero-order valence-electron chi connectivity index (χ0n) is 9.39. The van der Waals surface area contributed by atoms with Gasteiger partial charge in [-0.25, -0.2) is 0 Å². The average molecular weight is 241 g/mol. The molecule has 4 aliphatic rings. The van der Waals surface area contributed by atoms with Gasteiger partial charge in [0.25, 0.3) is 0 Å². The summed E-state index contributed by atoms with van der Waals surface area (Å²) in [6.45, 7) is 3.10. The molecule has 2 bridgehead atoms. The van der Waals surface area contributed by atoms with Crippen molar-refractivity contribution >= 4 is 0 Å². The Morgan fingerprint density at radius 1 is 0.882 bits per heavy atom. The van der Waals surface area contributed by atoms with Crippen LogP contribution in [0.5, 0.6) is 0 Å². The van der Waals surface area contributed by atoms with Gasteiger partial charge in [0.1, 0.15) is 0 Å².